The number of carboxylic acids is 1. The second-order valence-electron chi connectivity index (χ2n) is 3.94. The summed E-state index contributed by atoms with van der Waals surface area (Å²) < 4.78 is 0. The highest BCUT2D eigenvalue weighted by Crippen LogP contribution is 2.47. The number of aliphatic carboxylic acids is 1. The van der Waals surface area contributed by atoms with Crippen molar-refractivity contribution in [1.29, 1.82) is 0 Å². The van der Waals surface area contributed by atoms with E-state index in [0.29, 0.717) is 23.6 Å². The fourth-order valence-corrected chi connectivity index (χ4v) is 1.85. The van der Waals surface area contributed by atoms with Gasteiger partial charge >= 0.3 is 5.97 Å². The van der Waals surface area contributed by atoms with Crippen molar-refractivity contribution in [3.8, 4) is 0 Å². The highest BCUT2D eigenvalue weighted by Gasteiger charge is 2.57. The van der Waals surface area contributed by atoms with Crippen LogP contribution in [0.5, 0.6) is 0 Å². The molecule has 2 N–H and O–H groups in total. The molecule has 1 aromatic carbocycles. The molecule has 6 heteroatoms. The maximum Gasteiger partial charge on any atom is 0.319 e. The smallest absolute Gasteiger partial charge is 0.319 e. The minimum atomic E-state index is -1.29. The van der Waals surface area contributed by atoms with Crippen LogP contribution < -0.4 is 5.32 Å². The number of amides is 1. The van der Waals surface area contributed by atoms with E-state index in [2.05, 4.69) is 5.32 Å². The molecule has 0 radical (unpaired) electrons. The van der Waals surface area contributed by atoms with Gasteiger partial charge in [-0.05, 0) is 25.0 Å². The van der Waals surface area contributed by atoms with Crippen LogP contribution in [0.1, 0.15) is 12.8 Å². The monoisotopic (exact) mass is 273 g/mol. The predicted molar refractivity (Wildman–Crippen MR) is 64.4 cm³/mol. The van der Waals surface area contributed by atoms with Gasteiger partial charge in [0.25, 0.3) is 0 Å². The molecule has 0 aliphatic heterocycles. The topological polar surface area (TPSA) is 66.4 Å². The first-order valence-electron chi connectivity index (χ1n) is 4.96. The number of hydrogen-bond donors (Lipinski definition) is 2. The second kappa shape index (κ2) is 4.20. The zero-order chi connectivity index (χ0) is 12.6. The van der Waals surface area contributed by atoms with E-state index in [-0.39, 0.29) is 5.02 Å². The Bertz CT molecular complexity index is 497. The van der Waals surface area contributed by atoms with Gasteiger partial charge < -0.3 is 10.4 Å². The fourth-order valence-electron chi connectivity index (χ4n) is 1.51. The van der Waals surface area contributed by atoms with Gasteiger partial charge in [0.05, 0.1) is 15.7 Å². The Morgan fingerprint density at radius 2 is 1.94 bits per heavy atom. The Balaban J connectivity index is 2.20. The van der Waals surface area contributed by atoms with Crippen LogP contribution in [0, 0.1) is 5.41 Å². The van der Waals surface area contributed by atoms with E-state index >= 15 is 0 Å². The lowest BCUT2D eigenvalue weighted by Gasteiger charge is -2.12. The summed E-state index contributed by atoms with van der Waals surface area (Å²) in [5, 5.41) is 12.0. The quantitative estimate of drug-likeness (QED) is 0.833. The largest absolute Gasteiger partial charge is 0.480 e. The molecular weight excluding hydrogens is 265 g/mol. The van der Waals surface area contributed by atoms with E-state index in [4.69, 9.17) is 28.3 Å². The molecule has 1 aliphatic carbocycles. The maximum atomic E-state index is 11.8. The van der Waals surface area contributed by atoms with Gasteiger partial charge in [-0.2, -0.15) is 0 Å². The van der Waals surface area contributed by atoms with Gasteiger partial charge in [0.1, 0.15) is 5.41 Å². The lowest BCUT2D eigenvalue weighted by atomic mass is 10.1. The summed E-state index contributed by atoms with van der Waals surface area (Å²) in [6.45, 7) is 0. The lowest BCUT2D eigenvalue weighted by Crippen LogP contribution is -2.31. The summed E-state index contributed by atoms with van der Waals surface area (Å²) in [6.07, 6.45) is 0.707. The molecule has 0 saturated heterocycles. The average molecular weight is 274 g/mol. The molecule has 2 rings (SSSR count). The minimum absolute atomic E-state index is 0.212. The summed E-state index contributed by atoms with van der Waals surface area (Å²) in [6, 6.07) is 4.79. The standard InChI is InChI=1S/C11H9Cl2NO3/c12-6-2-1-3-7(8(6)13)14-9(15)11(4-5-11)10(16)17/h1-3H,4-5H2,(H,14,15)(H,16,17). The van der Waals surface area contributed by atoms with Crippen molar-refractivity contribution < 1.29 is 14.7 Å². The van der Waals surface area contributed by atoms with Gasteiger partial charge in [0, 0.05) is 0 Å². The molecule has 0 bridgehead atoms. The zero-order valence-electron chi connectivity index (χ0n) is 8.67. The molecule has 1 fully saturated rings. The van der Waals surface area contributed by atoms with E-state index in [9.17, 15) is 9.59 Å². The summed E-state index contributed by atoms with van der Waals surface area (Å²) in [7, 11) is 0. The van der Waals surface area contributed by atoms with Crippen LogP contribution in [-0.2, 0) is 9.59 Å². The Labute approximate surface area is 108 Å². The van der Waals surface area contributed by atoms with Crippen LogP contribution >= 0.6 is 23.2 Å². The number of rotatable bonds is 3. The summed E-state index contributed by atoms with van der Waals surface area (Å²) >= 11 is 11.7. The summed E-state index contributed by atoms with van der Waals surface area (Å²) in [4.78, 5) is 22.8. The fraction of sp³-hybridized carbons (Fsp3) is 0.273. The molecule has 0 unspecified atom stereocenters. The molecule has 4 nitrogen and oxygen atoms in total. The van der Waals surface area contributed by atoms with E-state index in [1.807, 2.05) is 0 Å². The van der Waals surface area contributed by atoms with Crippen molar-refractivity contribution in [2.45, 2.75) is 12.8 Å². The van der Waals surface area contributed by atoms with E-state index < -0.39 is 17.3 Å². The van der Waals surface area contributed by atoms with Gasteiger partial charge in [-0.3, -0.25) is 9.59 Å². The maximum absolute atomic E-state index is 11.8. The second-order valence-corrected chi connectivity index (χ2v) is 4.73. The van der Waals surface area contributed by atoms with E-state index in [1.165, 1.54) is 0 Å². The minimum Gasteiger partial charge on any atom is -0.480 e. The first-order chi connectivity index (χ1) is 7.97. The molecule has 0 heterocycles. The molecule has 0 atom stereocenters. The molecule has 1 aliphatic rings. The van der Waals surface area contributed by atoms with Crippen molar-refractivity contribution in [2.24, 2.45) is 5.41 Å². The molecule has 90 valence electrons. The number of anilines is 1. The number of carboxylic acid groups (broad SMARTS) is 1. The van der Waals surface area contributed by atoms with Crippen molar-refractivity contribution in [1.82, 2.24) is 0 Å². The van der Waals surface area contributed by atoms with Crippen molar-refractivity contribution in [2.75, 3.05) is 5.32 Å². The van der Waals surface area contributed by atoms with Gasteiger partial charge in [-0.25, -0.2) is 0 Å². The van der Waals surface area contributed by atoms with Crippen LogP contribution in [0.25, 0.3) is 0 Å². The number of halogens is 2. The predicted octanol–water partition coefficient (Wildman–Crippen LogP) is 2.80. The van der Waals surface area contributed by atoms with Crippen LogP contribution in [0.3, 0.4) is 0 Å². The first kappa shape index (κ1) is 12.2. The van der Waals surface area contributed by atoms with E-state index in [0.717, 1.165) is 0 Å². The molecule has 0 spiro atoms. The number of carbonyl (C=O) groups is 2. The highest BCUT2D eigenvalue weighted by atomic mass is 35.5. The Morgan fingerprint density at radius 3 is 2.47 bits per heavy atom. The number of benzene rings is 1. The van der Waals surface area contributed by atoms with Crippen LogP contribution in [0.4, 0.5) is 5.69 Å². The van der Waals surface area contributed by atoms with E-state index in [1.54, 1.807) is 18.2 Å². The third-order valence-corrected chi connectivity index (χ3v) is 3.61. The summed E-state index contributed by atoms with van der Waals surface area (Å²) in [5.41, 5.74) is -0.956. The Morgan fingerprint density at radius 1 is 1.29 bits per heavy atom. The number of carbonyl (C=O) groups excluding carboxylic acids is 1. The zero-order valence-corrected chi connectivity index (χ0v) is 10.2. The molecular formula is C11H9Cl2NO3. The number of nitrogens with one attached hydrogen (secondary N) is 1. The molecule has 0 aromatic heterocycles. The SMILES string of the molecule is O=C(O)C1(C(=O)Nc2cccc(Cl)c2Cl)CC1. The third-order valence-electron chi connectivity index (χ3n) is 2.79. The Hall–Kier alpha value is -1.26. The Kier molecular flexibility index (Phi) is 3.02. The normalized spacial score (nSPS) is 16.4. The van der Waals surface area contributed by atoms with Crippen LogP contribution in [0.2, 0.25) is 10.0 Å². The first-order valence-corrected chi connectivity index (χ1v) is 5.72. The summed E-state index contributed by atoms with van der Waals surface area (Å²) in [5.74, 6) is -1.65. The molecule has 1 amide bonds. The van der Waals surface area contributed by atoms with Crippen molar-refractivity contribution >= 4 is 40.8 Å². The van der Waals surface area contributed by atoms with Gasteiger partial charge in [-0.15, -0.1) is 0 Å². The van der Waals surface area contributed by atoms with Gasteiger partial charge in [0.2, 0.25) is 5.91 Å². The van der Waals surface area contributed by atoms with Crippen LogP contribution in [-0.4, -0.2) is 17.0 Å². The van der Waals surface area contributed by atoms with Crippen molar-refractivity contribution in [3.63, 3.8) is 0 Å². The lowest BCUT2D eigenvalue weighted by molar-refractivity contribution is -0.147. The van der Waals surface area contributed by atoms with Crippen LogP contribution in [0.15, 0.2) is 18.2 Å². The third kappa shape index (κ3) is 2.10. The number of hydrogen-bond acceptors (Lipinski definition) is 2. The highest BCUT2D eigenvalue weighted by molar-refractivity contribution is 6.44. The molecule has 1 aromatic rings. The van der Waals surface area contributed by atoms with Crippen molar-refractivity contribution in [3.05, 3.63) is 28.2 Å². The molecule has 17 heavy (non-hydrogen) atoms. The van der Waals surface area contributed by atoms with Gasteiger partial charge in [-0.1, -0.05) is 29.3 Å². The van der Waals surface area contributed by atoms with Gasteiger partial charge in [0.15, 0.2) is 0 Å². The average Bonchev–Trinajstić information content (AvgIpc) is 3.05. The molecule has 1 saturated carbocycles.